The standard InChI is InChI=1S/C18H25N3O3S/c1-2-9-20-25(23,24)16-5-3-4-15(13-16)17(22)21-11-7-18(8-12-21)6-10-19-14-18/h2-5,13,19-20H,1,6-12,14H2. The zero-order chi connectivity index (χ0) is 17.9. The van der Waals surface area contributed by atoms with E-state index in [-0.39, 0.29) is 17.3 Å². The largest absolute Gasteiger partial charge is 0.339 e. The number of hydrogen-bond acceptors (Lipinski definition) is 4. The predicted molar refractivity (Wildman–Crippen MR) is 96.9 cm³/mol. The molecule has 1 aromatic rings. The lowest BCUT2D eigenvalue weighted by molar-refractivity contribution is 0.0607. The molecule has 0 bridgehead atoms. The maximum absolute atomic E-state index is 12.8. The van der Waals surface area contributed by atoms with Crippen molar-refractivity contribution in [1.29, 1.82) is 0 Å². The van der Waals surface area contributed by atoms with Crippen LogP contribution in [0.1, 0.15) is 29.6 Å². The third kappa shape index (κ3) is 3.94. The summed E-state index contributed by atoms with van der Waals surface area (Å²) in [5.41, 5.74) is 0.762. The van der Waals surface area contributed by atoms with Gasteiger partial charge in [-0.05, 0) is 49.4 Å². The second-order valence-electron chi connectivity index (χ2n) is 6.89. The van der Waals surface area contributed by atoms with E-state index in [1.165, 1.54) is 24.6 Å². The fourth-order valence-corrected chi connectivity index (χ4v) is 4.68. The van der Waals surface area contributed by atoms with Gasteiger partial charge in [-0.15, -0.1) is 6.58 Å². The lowest BCUT2D eigenvalue weighted by Gasteiger charge is -2.38. The van der Waals surface area contributed by atoms with E-state index < -0.39 is 10.0 Å². The molecule has 0 saturated carbocycles. The Bertz CT molecular complexity index is 745. The maximum Gasteiger partial charge on any atom is 0.253 e. The average Bonchev–Trinajstić information content (AvgIpc) is 3.08. The number of nitrogens with zero attached hydrogens (tertiary/aromatic N) is 1. The quantitative estimate of drug-likeness (QED) is 0.775. The highest BCUT2D eigenvalue weighted by Crippen LogP contribution is 2.37. The van der Waals surface area contributed by atoms with Crippen molar-refractivity contribution >= 4 is 15.9 Å². The lowest BCUT2D eigenvalue weighted by atomic mass is 9.78. The van der Waals surface area contributed by atoms with Gasteiger partial charge in [0.25, 0.3) is 5.91 Å². The van der Waals surface area contributed by atoms with Crippen LogP contribution < -0.4 is 10.0 Å². The highest BCUT2D eigenvalue weighted by Gasteiger charge is 2.38. The maximum atomic E-state index is 12.8. The zero-order valence-corrected chi connectivity index (χ0v) is 15.1. The summed E-state index contributed by atoms with van der Waals surface area (Å²) in [5.74, 6) is -0.0958. The van der Waals surface area contributed by atoms with Crippen LogP contribution >= 0.6 is 0 Å². The Morgan fingerprint density at radius 1 is 1.32 bits per heavy atom. The number of hydrogen-bond donors (Lipinski definition) is 2. The van der Waals surface area contributed by atoms with Crippen LogP contribution in [0.2, 0.25) is 0 Å². The summed E-state index contributed by atoms with van der Waals surface area (Å²) in [4.78, 5) is 14.7. The number of carbonyl (C=O) groups is 1. The summed E-state index contributed by atoms with van der Waals surface area (Å²) < 4.78 is 26.9. The van der Waals surface area contributed by atoms with Gasteiger partial charge >= 0.3 is 0 Å². The van der Waals surface area contributed by atoms with Gasteiger partial charge < -0.3 is 10.2 Å². The van der Waals surface area contributed by atoms with Gasteiger partial charge in [0.2, 0.25) is 10.0 Å². The van der Waals surface area contributed by atoms with Crippen LogP contribution in [0.15, 0.2) is 41.8 Å². The molecule has 2 fully saturated rings. The van der Waals surface area contributed by atoms with E-state index in [0.717, 1.165) is 39.0 Å². The van der Waals surface area contributed by atoms with Crippen molar-refractivity contribution in [3.63, 3.8) is 0 Å². The van der Waals surface area contributed by atoms with Gasteiger partial charge in [0.1, 0.15) is 0 Å². The van der Waals surface area contributed by atoms with E-state index in [2.05, 4.69) is 16.6 Å². The van der Waals surface area contributed by atoms with Crippen molar-refractivity contribution < 1.29 is 13.2 Å². The SMILES string of the molecule is C=CCNS(=O)(=O)c1cccc(C(=O)N2CCC3(CCNC3)CC2)c1. The van der Waals surface area contributed by atoms with Crippen molar-refractivity contribution in [2.45, 2.75) is 24.2 Å². The molecule has 2 N–H and O–H groups in total. The molecule has 0 unspecified atom stereocenters. The van der Waals surface area contributed by atoms with Crippen LogP contribution in [-0.4, -0.2) is 51.9 Å². The number of amides is 1. The fraction of sp³-hybridized carbons (Fsp3) is 0.500. The summed E-state index contributed by atoms with van der Waals surface area (Å²) in [7, 11) is -3.63. The van der Waals surface area contributed by atoms with Crippen LogP contribution in [0.5, 0.6) is 0 Å². The molecule has 2 saturated heterocycles. The van der Waals surface area contributed by atoms with E-state index in [1.807, 2.05) is 4.90 Å². The molecule has 0 radical (unpaired) electrons. The van der Waals surface area contributed by atoms with E-state index >= 15 is 0 Å². The van der Waals surface area contributed by atoms with Crippen molar-refractivity contribution in [1.82, 2.24) is 14.9 Å². The van der Waals surface area contributed by atoms with Crippen molar-refractivity contribution in [2.75, 3.05) is 32.7 Å². The lowest BCUT2D eigenvalue weighted by Crippen LogP contribution is -2.44. The smallest absolute Gasteiger partial charge is 0.253 e. The average molecular weight is 363 g/mol. The molecule has 1 aromatic carbocycles. The minimum atomic E-state index is -3.63. The first-order valence-electron chi connectivity index (χ1n) is 8.66. The van der Waals surface area contributed by atoms with Gasteiger partial charge in [-0.25, -0.2) is 13.1 Å². The molecule has 6 nitrogen and oxygen atoms in total. The molecular weight excluding hydrogens is 338 g/mol. The van der Waals surface area contributed by atoms with Crippen LogP contribution in [0, 0.1) is 5.41 Å². The number of likely N-dealkylation sites (tertiary alicyclic amines) is 1. The van der Waals surface area contributed by atoms with Crippen LogP contribution in [0.3, 0.4) is 0 Å². The molecular formula is C18H25N3O3S. The number of rotatable bonds is 5. The Morgan fingerprint density at radius 2 is 2.08 bits per heavy atom. The summed E-state index contributed by atoms with van der Waals surface area (Å²) in [6, 6.07) is 6.24. The second-order valence-corrected chi connectivity index (χ2v) is 8.65. The highest BCUT2D eigenvalue weighted by atomic mass is 32.2. The first-order valence-corrected chi connectivity index (χ1v) is 10.1. The Hall–Kier alpha value is -1.70. The van der Waals surface area contributed by atoms with Gasteiger partial charge in [0.15, 0.2) is 0 Å². The minimum absolute atomic E-state index is 0.0958. The molecule has 2 aliphatic rings. The van der Waals surface area contributed by atoms with E-state index in [4.69, 9.17) is 0 Å². The molecule has 0 aromatic heterocycles. The van der Waals surface area contributed by atoms with Gasteiger partial charge in [0, 0.05) is 31.7 Å². The number of nitrogens with one attached hydrogen (secondary N) is 2. The highest BCUT2D eigenvalue weighted by molar-refractivity contribution is 7.89. The molecule has 0 aliphatic carbocycles. The predicted octanol–water partition coefficient (Wildman–Crippen LogP) is 1.37. The second kappa shape index (κ2) is 7.27. The summed E-state index contributed by atoms with van der Waals surface area (Å²) >= 11 is 0. The van der Waals surface area contributed by atoms with E-state index in [0.29, 0.717) is 11.0 Å². The number of benzene rings is 1. The minimum Gasteiger partial charge on any atom is -0.339 e. The number of carbonyl (C=O) groups excluding carboxylic acids is 1. The molecule has 2 heterocycles. The Kier molecular flexibility index (Phi) is 5.27. The molecule has 7 heteroatoms. The van der Waals surface area contributed by atoms with Crippen molar-refractivity contribution in [2.24, 2.45) is 5.41 Å². The molecule has 2 aliphatic heterocycles. The van der Waals surface area contributed by atoms with E-state index in [1.54, 1.807) is 12.1 Å². The van der Waals surface area contributed by atoms with E-state index in [9.17, 15) is 13.2 Å². The van der Waals surface area contributed by atoms with Gasteiger partial charge in [0.05, 0.1) is 4.90 Å². The summed E-state index contributed by atoms with van der Waals surface area (Å²) in [6.07, 6.45) is 4.67. The molecule has 1 amide bonds. The molecule has 136 valence electrons. The zero-order valence-electron chi connectivity index (χ0n) is 14.3. The summed E-state index contributed by atoms with van der Waals surface area (Å²) in [6.45, 7) is 7.22. The Balaban J connectivity index is 1.71. The van der Waals surface area contributed by atoms with Crippen LogP contribution in [0.25, 0.3) is 0 Å². The monoisotopic (exact) mass is 363 g/mol. The van der Waals surface area contributed by atoms with Crippen molar-refractivity contribution in [3.8, 4) is 0 Å². The first-order chi connectivity index (χ1) is 12.0. The fourth-order valence-electron chi connectivity index (χ4n) is 3.64. The Labute approximate surface area is 149 Å². The van der Waals surface area contributed by atoms with Gasteiger partial charge in [-0.2, -0.15) is 0 Å². The third-order valence-corrected chi connectivity index (χ3v) is 6.67. The van der Waals surface area contributed by atoms with Crippen LogP contribution in [0.4, 0.5) is 0 Å². The molecule has 3 rings (SSSR count). The third-order valence-electron chi connectivity index (χ3n) is 5.25. The van der Waals surface area contributed by atoms with Crippen LogP contribution in [-0.2, 0) is 10.0 Å². The van der Waals surface area contributed by atoms with Crippen molar-refractivity contribution in [3.05, 3.63) is 42.5 Å². The van der Waals surface area contributed by atoms with Gasteiger partial charge in [-0.1, -0.05) is 12.1 Å². The van der Waals surface area contributed by atoms with Gasteiger partial charge in [-0.3, -0.25) is 4.79 Å². The molecule has 1 spiro atoms. The Morgan fingerprint density at radius 3 is 2.72 bits per heavy atom. The normalized spacial score (nSPS) is 19.9. The summed E-state index contributed by atoms with van der Waals surface area (Å²) in [5, 5.41) is 3.42. The molecule has 0 atom stereocenters. The topological polar surface area (TPSA) is 78.5 Å². The number of piperidine rings is 1. The first kappa shape index (κ1) is 18.1. The molecule has 25 heavy (non-hydrogen) atoms. The number of sulfonamides is 1.